The average Bonchev–Trinajstić information content (AvgIpc) is 2.48. The van der Waals surface area contributed by atoms with E-state index in [9.17, 15) is 14.9 Å². The minimum absolute atomic E-state index is 0.0471. The van der Waals surface area contributed by atoms with Crippen LogP contribution in [0, 0.1) is 21.4 Å². The van der Waals surface area contributed by atoms with Crippen LogP contribution in [0.2, 0.25) is 0 Å². The molecule has 0 bridgehead atoms. The maximum absolute atomic E-state index is 10.6. The van der Waals surface area contributed by atoms with Crippen LogP contribution in [0.4, 0.5) is 5.69 Å². The number of hydrogen-bond donors (Lipinski definition) is 0. The minimum Gasteiger partial charge on any atom is -0.456 e. The van der Waals surface area contributed by atoms with Gasteiger partial charge in [-0.15, -0.1) is 0 Å². The van der Waals surface area contributed by atoms with Gasteiger partial charge in [0.1, 0.15) is 23.9 Å². The second-order valence-electron chi connectivity index (χ2n) is 3.84. The van der Waals surface area contributed by atoms with E-state index in [1.54, 1.807) is 0 Å². The smallest absolute Gasteiger partial charge is 0.269 e. The van der Waals surface area contributed by atoms with Crippen molar-refractivity contribution in [2.24, 2.45) is 0 Å². The molecule has 0 atom stereocenters. The van der Waals surface area contributed by atoms with Gasteiger partial charge >= 0.3 is 0 Å². The first-order valence-corrected chi connectivity index (χ1v) is 5.55. The van der Waals surface area contributed by atoms with Gasteiger partial charge in [0.15, 0.2) is 0 Å². The van der Waals surface area contributed by atoms with Crippen LogP contribution in [-0.2, 0) is 0 Å². The lowest BCUT2D eigenvalue weighted by Gasteiger charge is -2.07. The molecule has 0 N–H and O–H groups in total. The van der Waals surface area contributed by atoms with Gasteiger partial charge in [0, 0.05) is 17.7 Å². The number of nitro groups is 1. The van der Waals surface area contributed by atoms with E-state index in [1.807, 2.05) is 6.07 Å². The van der Waals surface area contributed by atoms with Gasteiger partial charge in [-0.05, 0) is 30.3 Å². The molecule has 0 aliphatic heterocycles. The third-order valence-corrected chi connectivity index (χ3v) is 2.54. The molecule has 2 aromatic carbocycles. The van der Waals surface area contributed by atoms with Gasteiger partial charge in [0.25, 0.3) is 5.69 Å². The molecule has 0 aromatic heterocycles. The zero-order chi connectivity index (χ0) is 14.5. The van der Waals surface area contributed by atoms with Crippen molar-refractivity contribution in [3.8, 4) is 17.6 Å². The zero-order valence-corrected chi connectivity index (χ0v) is 10.1. The largest absolute Gasteiger partial charge is 0.456 e. The maximum atomic E-state index is 10.6. The van der Waals surface area contributed by atoms with Crippen LogP contribution in [0.25, 0.3) is 0 Å². The van der Waals surface area contributed by atoms with Gasteiger partial charge in [-0.25, -0.2) is 0 Å². The lowest BCUT2D eigenvalue weighted by Crippen LogP contribution is -1.91. The molecule has 0 spiro atoms. The van der Waals surface area contributed by atoms with Gasteiger partial charge in [0.05, 0.1) is 10.5 Å². The van der Waals surface area contributed by atoms with Crippen molar-refractivity contribution in [1.82, 2.24) is 0 Å². The monoisotopic (exact) mass is 268 g/mol. The number of hydrogen-bond acceptors (Lipinski definition) is 5. The summed E-state index contributed by atoms with van der Waals surface area (Å²) < 4.78 is 5.47. The van der Waals surface area contributed by atoms with E-state index in [0.717, 1.165) is 0 Å². The predicted octanol–water partition coefficient (Wildman–Crippen LogP) is 3.07. The van der Waals surface area contributed by atoms with E-state index in [1.165, 1.54) is 42.5 Å². The topological polar surface area (TPSA) is 93.2 Å². The molecule has 0 radical (unpaired) electrons. The highest BCUT2D eigenvalue weighted by atomic mass is 16.6. The van der Waals surface area contributed by atoms with Crippen LogP contribution in [0.5, 0.6) is 11.5 Å². The van der Waals surface area contributed by atoms with E-state index in [4.69, 9.17) is 10.00 Å². The number of nitrogens with zero attached hydrogens (tertiary/aromatic N) is 2. The predicted molar refractivity (Wildman–Crippen MR) is 69.7 cm³/mol. The Morgan fingerprint density at radius 3 is 2.45 bits per heavy atom. The van der Waals surface area contributed by atoms with E-state index in [2.05, 4.69) is 0 Å². The molecule has 20 heavy (non-hydrogen) atoms. The van der Waals surface area contributed by atoms with Crippen molar-refractivity contribution >= 4 is 12.0 Å². The van der Waals surface area contributed by atoms with Gasteiger partial charge in [-0.2, -0.15) is 5.26 Å². The lowest BCUT2D eigenvalue weighted by atomic mass is 10.1. The number of non-ortho nitro benzene ring substituents is 1. The Labute approximate surface area is 114 Å². The average molecular weight is 268 g/mol. The van der Waals surface area contributed by atoms with Crippen LogP contribution in [0.1, 0.15) is 15.9 Å². The standard InChI is InChI=1S/C14H8N2O4/c15-8-11-7-10(9-17)1-6-14(11)20-13-4-2-12(3-5-13)16(18)19/h1-7,9H. The number of benzene rings is 2. The SMILES string of the molecule is N#Cc1cc(C=O)ccc1Oc1ccc([N+](=O)[O-])cc1. The highest BCUT2D eigenvalue weighted by molar-refractivity contribution is 5.76. The third kappa shape index (κ3) is 2.79. The fourth-order valence-corrected chi connectivity index (χ4v) is 1.56. The van der Waals surface area contributed by atoms with Crippen molar-refractivity contribution in [1.29, 1.82) is 5.26 Å². The molecular weight excluding hydrogens is 260 g/mol. The molecule has 0 fully saturated rings. The zero-order valence-electron chi connectivity index (χ0n) is 10.1. The quantitative estimate of drug-likeness (QED) is 0.482. The first-order chi connectivity index (χ1) is 9.63. The van der Waals surface area contributed by atoms with Gasteiger partial charge in [-0.1, -0.05) is 0 Å². The Bertz CT molecular complexity index is 702. The van der Waals surface area contributed by atoms with E-state index in [-0.39, 0.29) is 17.0 Å². The fourth-order valence-electron chi connectivity index (χ4n) is 1.56. The Kier molecular flexibility index (Phi) is 3.72. The number of carbonyl (C=O) groups is 1. The fraction of sp³-hybridized carbons (Fsp3) is 0. The molecule has 0 saturated heterocycles. The first kappa shape index (κ1) is 13.2. The summed E-state index contributed by atoms with van der Waals surface area (Å²) in [7, 11) is 0. The van der Waals surface area contributed by atoms with Crippen LogP contribution in [-0.4, -0.2) is 11.2 Å². The number of nitriles is 1. The highest BCUT2D eigenvalue weighted by Gasteiger charge is 2.08. The molecule has 0 amide bonds. The number of nitro benzene ring substituents is 1. The first-order valence-electron chi connectivity index (χ1n) is 5.55. The van der Waals surface area contributed by atoms with Gasteiger partial charge < -0.3 is 4.74 Å². The molecule has 0 saturated carbocycles. The molecule has 0 aliphatic carbocycles. The molecule has 0 aliphatic rings. The molecule has 2 rings (SSSR count). The second-order valence-corrected chi connectivity index (χ2v) is 3.84. The number of rotatable bonds is 4. The summed E-state index contributed by atoms with van der Waals surface area (Å²) in [6, 6.07) is 11.9. The Hall–Kier alpha value is -3.20. The molecule has 6 nitrogen and oxygen atoms in total. The Balaban J connectivity index is 2.28. The minimum atomic E-state index is -0.511. The molecule has 0 unspecified atom stereocenters. The lowest BCUT2D eigenvalue weighted by molar-refractivity contribution is -0.384. The number of ether oxygens (including phenoxy) is 1. The third-order valence-electron chi connectivity index (χ3n) is 2.54. The summed E-state index contributed by atoms with van der Waals surface area (Å²) in [5.74, 6) is 0.651. The summed E-state index contributed by atoms with van der Waals surface area (Å²) in [4.78, 5) is 20.7. The second kappa shape index (κ2) is 5.63. The highest BCUT2D eigenvalue weighted by Crippen LogP contribution is 2.27. The maximum Gasteiger partial charge on any atom is 0.269 e. The van der Waals surface area contributed by atoms with Gasteiger partial charge in [-0.3, -0.25) is 14.9 Å². The summed E-state index contributed by atoms with van der Waals surface area (Å²) in [6.07, 6.45) is 0.635. The van der Waals surface area contributed by atoms with Gasteiger partial charge in [0.2, 0.25) is 0 Å². The number of carbonyl (C=O) groups excluding carboxylic acids is 1. The van der Waals surface area contributed by atoms with Crippen LogP contribution in [0.3, 0.4) is 0 Å². The van der Waals surface area contributed by atoms with Crippen molar-refractivity contribution < 1.29 is 14.5 Å². The molecule has 98 valence electrons. The number of aldehydes is 1. The van der Waals surface area contributed by atoms with Crippen LogP contribution in [0.15, 0.2) is 42.5 Å². The van der Waals surface area contributed by atoms with E-state index >= 15 is 0 Å². The summed E-state index contributed by atoms with van der Waals surface area (Å²) >= 11 is 0. The Morgan fingerprint density at radius 1 is 1.20 bits per heavy atom. The summed E-state index contributed by atoms with van der Waals surface area (Å²) in [5.41, 5.74) is 0.541. The van der Waals surface area contributed by atoms with E-state index in [0.29, 0.717) is 17.6 Å². The molecule has 6 heteroatoms. The van der Waals surface area contributed by atoms with Crippen molar-refractivity contribution in [2.45, 2.75) is 0 Å². The van der Waals surface area contributed by atoms with Crippen LogP contribution >= 0.6 is 0 Å². The molecule has 0 heterocycles. The van der Waals surface area contributed by atoms with Crippen molar-refractivity contribution in [3.05, 3.63) is 63.7 Å². The van der Waals surface area contributed by atoms with E-state index < -0.39 is 4.92 Å². The molecule has 2 aromatic rings. The van der Waals surface area contributed by atoms with Crippen LogP contribution < -0.4 is 4.74 Å². The Morgan fingerprint density at radius 2 is 1.90 bits per heavy atom. The van der Waals surface area contributed by atoms with Crippen molar-refractivity contribution in [3.63, 3.8) is 0 Å². The normalized spacial score (nSPS) is 9.55. The van der Waals surface area contributed by atoms with Crippen molar-refractivity contribution in [2.75, 3.05) is 0 Å². The molecular formula is C14H8N2O4. The summed E-state index contributed by atoms with van der Waals surface area (Å²) in [6.45, 7) is 0. The summed E-state index contributed by atoms with van der Waals surface area (Å²) in [5, 5.41) is 19.5.